The second kappa shape index (κ2) is 5.13. The summed E-state index contributed by atoms with van der Waals surface area (Å²) < 4.78 is 0. The first-order valence-electron chi connectivity index (χ1n) is 4.34. The molecule has 0 amide bonds. The summed E-state index contributed by atoms with van der Waals surface area (Å²) in [6.07, 6.45) is 0.723. The van der Waals surface area contributed by atoms with Crippen LogP contribution in [0.3, 0.4) is 0 Å². The van der Waals surface area contributed by atoms with Crippen molar-refractivity contribution in [2.24, 2.45) is 5.92 Å². The average molecular weight is 170 g/mol. The van der Waals surface area contributed by atoms with Gasteiger partial charge in [0.15, 0.2) is 0 Å². The van der Waals surface area contributed by atoms with E-state index in [4.69, 9.17) is 5.26 Å². The van der Waals surface area contributed by atoms with Crippen molar-refractivity contribution in [2.45, 2.75) is 32.8 Å². The van der Waals surface area contributed by atoms with Crippen LogP contribution in [0, 0.1) is 17.2 Å². The third-order valence-electron chi connectivity index (χ3n) is 1.94. The van der Waals surface area contributed by atoms with Crippen LogP contribution in [0.5, 0.6) is 0 Å². The van der Waals surface area contributed by atoms with Crippen LogP contribution < -0.4 is 5.32 Å². The molecule has 0 saturated carbocycles. The number of hydrogen-bond acceptors (Lipinski definition) is 3. The van der Waals surface area contributed by atoms with Crippen molar-refractivity contribution >= 4 is 0 Å². The molecule has 0 aliphatic rings. The van der Waals surface area contributed by atoms with Gasteiger partial charge in [0.1, 0.15) is 0 Å². The van der Waals surface area contributed by atoms with Crippen LogP contribution in [0.15, 0.2) is 0 Å². The Morgan fingerprint density at radius 3 is 2.67 bits per heavy atom. The van der Waals surface area contributed by atoms with E-state index in [2.05, 4.69) is 11.4 Å². The molecule has 3 nitrogen and oxygen atoms in total. The van der Waals surface area contributed by atoms with E-state index in [1.165, 1.54) is 0 Å². The molecule has 3 heteroatoms. The molecule has 0 aromatic rings. The lowest BCUT2D eigenvalue weighted by Crippen LogP contribution is -2.38. The van der Waals surface area contributed by atoms with Gasteiger partial charge in [0, 0.05) is 13.1 Å². The monoisotopic (exact) mass is 170 g/mol. The summed E-state index contributed by atoms with van der Waals surface area (Å²) in [5.41, 5.74) is -0.644. The summed E-state index contributed by atoms with van der Waals surface area (Å²) >= 11 is 0. The lowest BCUT2D eigenvalue weighted by atomic mass is 10.0. The fraction of sp³-hybridized carbons (Fsp3) is 0.889. The summed E-state index contributed by atoms with van der Waals surface area (Å²) in [4.78, 5) is 0. The summed E-state index contributed by atoms with van der Waals surface area (Å²) in [6, 6.07) is 2.13. The molecule has 0 heterocycles. The molecule has 12 heavy (non-hydrogen) atoms. The van der Waals surface area contributed by atoms with Gasteiger partial charge >= 0.3 is 0 Å². The molecule has 2 N–H and O–H groups in total. The van der Waals surface area contributed by atoms with E-state index >= 15 is 0 Å². The van der Waals surface area contributed by atoms with Crippen LogP contribution in [0.25, 0.3) is 0 Å². The Labute approximate surface area is 74.4 Å². The minimum atomic E-state index is -0.644. The quantitative estimate of drug-likeness (QED) is 0.644. The van der Waals surface area contributed by atoms with Gasteiger partial charge < -0.3 is 10.4 Å². The minimum absolute atomic E-state index is 0.0117. The number of nitrogens with one attached hydrogen (secondary N) is 1. The van der Waals surface area contributed by atoms with Gasteiger partial charge in [0.25, 0.3) is 0 Å². The van der Waals surface area contributed by atoms with E-state index in [-0.39, 0.29) is 5.92 Å². The van der Waals surface area contributed by atoms with Crippen LogP contribution >= 0.6 is 0 Å². The molecule has 0 bridgehead atoms. The highest BCUT2D eigenvalue weighted by atomic mass is 16.3. The number of rotatable bonds is 5. The summed E-state index contributed by atoms with van der Waals surface area (Å²) in [5, 5.41) is 21.1. The Balaban J connectivity index is 3.51. The van der Waals surface area contributed by atoms with E-state index in [1.54, 1.807) is 6.92 Å². The van der Waals surface area contributed by atoms with Gasteiger partial charge in [-0.25, -0.2) is 0 Å². The predicted octanol–water partition coefficient (Wildman–Crippen LogP) is 0.897. The second-order valence-corrected chi connectivity index (χ2v) is 3.51. The maximum atomic E-state index is 9.56. The Morgan fingerprint density at radius 2 is 2.25 bits per heavy atom. The molecule has 0 spiro atoms. The summed E-state index contributed by atoms with van der Waals surface area (Å²) in [7, 11) is 0. The molecule has 0 fully saturated rings. The highest BCUT2D eigenvalue weighted by Crippen LogP contribution is 2.05. The minimum Gasteiger partial charge on any atom is -0.389 e. The van der Waals surface area contributed by atoms with Gasteiger partial charge in [-0.3, -0.25) is 0 Å². The third kappa shape index (κ3) is 5.11. The number of nitrogens with zero attached hydrogens (tertiary/aromatic N) is 1. The van der Waals surface area contributed by atoms with E-state index in [9.17, 15) is 5.11 Å². The number of nitriles is 1. The molecule has 0 aliphatic heterocycles. The topological polar surface area (TPSA) is 56.0 Å². The molecule has 0 saturated heterocycles. The van der Waals surface area contributed by atoms with Crippen LogP contribution in [0.1, 0.15) is 27.2 Å². The van der Waals surface area contributed by atoms with E-state index in [0.717, 1.165) is 6.42 Å². The molecular weight excluding hydrogens is 152 g/mol. The molecule has 0 rings (SSSR count). The lowest BCUT2D eigenvalue weighted by molar-refractivity contribution is 0.0556. The zero-order valence-electron chi connectivity index (χ0n) is 8.09. The molecule has 0 radical (unpaired) electrons. The van der Waals surface area contributed by atoms with Gasteiger partial charge in [0.05, 0.1) is 17.6 Å². The average Bonchev–Trinajstić information content (AvgIpc) is 2.04. The first kappa shape index (κ1) is 11.4. The molecule has 0 aromatic carbocycles. The van der Waals surface area contributed by atoms with Crippen molar-refractivity contribution in [1.82, 2.24) is 5.32 Å². The maximum Gasteiger partial charge on any atom is 0.0740 e. The van der Waals surface area contributed by atoms with Crippen LogP contribution in [-0.4, -0.2) is 23.8 Å². The van der Waals surface area contributed by atoms with E-state index in [1.807, 2.05) is 13.8 Å². The van der Waals surface area contributed by atoms with Crippen molar-refractivity contribution in [1.29, 1.82) is 5.26 Å². The third-order valence-corrected chi connectivity index (χ3v) is 1.94. The van der Waals surface area contributed by atoms with Crippen LogP contribution in [-0.2, 0) is 0 Å². The smallest absolute Gasteiger partial charge is 0.0740 e. The van der Waals surface area contributed by atoms with Crippen molar-refractivity contribution in [3.8, 4) is 6.07 Å². The first-order valence-corrected chi connectivity index (χ1v) is 4.34. The fourth-order valence-corrected chi connectivity index (χ4v) is 0.729. The van der Waals surface area contributed by atoms with Gasteiger partial charge in [0.2, 0.25) is 0 Å². The zero-order chi connectivity index (χ0) is 9.61. The van der Waals surface area contributed by atoms with Crippen molar-refractivity contribution in [3.05, 3.63) is 0 Å². The molecular formula is C9H18N2O. The van der Waals surface area contributed by atoms with E-state index < -0.39 is 5.60 Å². The van der Waals surface area contributed by atoms with E-state index in [0.29, 0.717) is 13.1 Å². The number of hydrogen-bond donors (Lipinski definition) is 2. The van der Waals surface area contributed by atoms with Crippen LogP contribution in [0.4, 0.5) is 0 Å². The highest BCUT2D eigenvalue weighted by molar-refractivity contribution is 4.82. The largest absolute Gasteiger partial charge is 0.389 e. The fourth-order valence-electron chi connectivity index (χ4n) is 0.729. The Morgan fingerprint density at radius 1 is 1.67 bits per heavy atom. The van der Waals surface area contributed by atoms with Crippen molar-refractivity contribution in [2.75, 3.05) is 13.1 Å². The number of aliphatic hydroxyl groups is 1. The normalized spacial score (nSPS) is 17.9. The predicted molar refractivity (Wildman–Crippen MR) is 48.6 cm³/mol. The van der Waals surface area contributed by atoms with Gasteiger partial charge in [-0.1, -0.05) is 6.92 Å². The zero-order valence-corrected chi connectivity index (χ0v) is 8.09. The molecule has 0 aliphatic carbocycles. The van der Waals surface area contributed by atoms with Gasteiger partial charge in [-0.15, -0.1) is 0 Å². The second-order valence-electron chi connectivity index (χ2n) is 3.51. The summed E-state index contributed by atoms with van der Waals surface area (Å²) in [5.74, 6) is 0.0117. The molecule has 70 valence electrons. The Bertz CT molecular complexity index is 160. The maximum absolute atomic E-state index is 9.56. The highest BCUT2D eigenvalue weighted by Gasteiger charge is 2.16. The Kier molecular flexibility index (Phi) is 4.87. The SMILES string of the molecule is CCC(C)(O)CNCC(C)C#N. The van der Waals surface area contributed by atoms with Crippen molar-refractivity contribution < 1.29 is 5.11 Å². The standard InChI is InChI=1S/C9H18N2O/c1-4-9(3,12)7-11-6-8(2)5-10/h8,11-12H,4,6-7H2,1-3H3. The van der Waals surface area contributed by atoms with Gasteiger partial charge in [-0.2, -0.15) is 5.26 Å². The molecule has 0 aromatic heterocycles. The van der Waals surface area contributed by atoms with Crippen LogP contribution in [0.2, 0.25) is 0 Å². The Hall–Kier alpha value is -0.590. The van der Waals surface area contributed by atoms with Gasteiger partial charge in [-0.05, 0) is 20.3 Å². The summed E-state index contributed by atoms with van der Waals surface area (Å²) in [6.45, 7) is 6.78. The lowest BCUT2D eigenvalue weighted by Gasteiger charge is -2.21. The first-order chi connectivity index (χ1) is 5.52. The molecule has 2 atom stereocenters. The van der Waals surface area contributed by atoms with Crippen molar-refractivity contribution in [3.63, 3.8) is 0 Å². The molecule has 2 unspecified atom stereocenters.